The van der Waals surface area contributed by atoms with Crippen molar-refractivity contribution < 1.29 is 28.6 Å². The standard InChI is InChI=1S/C57H110O6/c1-6-8-9-10-11-12-13-14-16-20-23-26-32-37-42-47-55(58)61-50-54(51-62-56(59)48-43-38-33-29-28-31-36-41-46-53(5)7-2)63-57(60)49-44-39-34-27-24-21-18-15-17-19-22-25-30-35-40-45-52(3)4/h52-54H,6-51H2,1-5H3/t53?,54-/m1/s1. The highest BCUT2D eigenvalue weighted by molar-refractivity contribution is 5.71. The zero-order chi connectivity index (χ0) is 46.1. The highest BCUT2D eigenvalue weighted by Crippen LogP contribution is 2.18. The monoisotopic (exact) mass is 891 g/mol. The van der Waals surface area contributed by atoms with Gasteiger partial charge in [0.05, 0.1) is 0 Å². The van der Waals surface area contributed by atoms with E-state index in [1.807, 2.05) is 0 Å². The topological polar surface area (TPSA) is 78.9 Å². The maximum atomic E-state index is 12.8. The fourth-order valence-corrected chi connectivity index (χ4v) is 8.66. The molecule has 6 nitrogen and oxygen atoms in total. The molecule has 0 aliphatic heterocycles. The molecule has 0 aromatic rings. The zero-order valence-electron chi connectivity index (χ0n) is 43.2. The quantitative estimate of drug-likeness (QED) is 0.0344. The number of rotatable bonds is 51. The Morgan fingerprint density at radius 1 is 0.333 bits per heavy atom. The molecule has 0 heterocycles. The molecule has 0 aliphatic carbocycles. The molecule has 0 bridgehead atoms. The largest absolute Gasteiger partial charge is 0.462 e. The Morgan fingerprint density at radius 3 is 0.905 bits per heavy atom. The number of carbonyl (C=O) groups excluding carboxylic acids is 3. The Bertz CT molecular complexity index is 964. The van der Waals surface area contributed by atoms with Crippen LogP contribution in [0.15, 0.2) is 0 Å². The number of hydrogen-bond donors (Lipinski definition) is 0. The highest BCUT2D eigenvalue weighted by Gasteiger charge is 2.19. The number of carbonyl (C=O) groups is 3. The minimum absolute atomic E-state index is 0.0631. The number of hydrogen-bond acceptors (Lipinski definition) is 6. The molecular weight excluding hydrogens is 781 g/mol. The molecule has 0 amide bonds. The van der Waals surface area contributed by atoms with Gasteiger partial charge in [0.1, 0.15) is 13.2 Å². The summed E-state index contributed by atoms with van der Waals surface area (Å²) in [7, 11) is 0. The van der Waals surface area contributed by atoms with Crippen LogP contribution >= 0.6 is 0 Å². The van der Waals surface area contributed by atoms with Gasteiger partial charge in [-0.2, -0.15) is 0 Å². The summed E-state index contributed by atoms with van der Waals surface area (Å²) in [6.07, 6.45) is 52.3. The first-order chi connectivity index (χ1) is 30.8. The average Bonchev–Trinajstić information content (AvgIpc) is 3.27. The van der Waals surface area contributed by atoms with Crippen molar-refractivity contribution in [2.75, 3.05) is 13.2 Å². The van der Waals surface area contributed by atoms with Gasteiger partial charge in [-0.15, -0.1) is 0 Å². The fourth-order valence-electron chi connectivity index (χ4n) is 8.66. The van der Waals surface area contributed by atoms with Crippen molar-refractivity contribution in [1.82, 2.24) is 0 Å². The molecule has 0 saturated heterocycles. The third-order valence-corrected chi connectivity index (χ3v) is 13.3. The Kier molecular flexibility index (Phi) is 48.6. The van der Waals surface area contributed by atoms with Gasteiger partial charge in [0.2, 0.25) is 0 Å². The Labute approximate surface area is 393 Å². The summed E-state index contributed by atoms with van der Waals surface area (Å²) in [5.41, 5.74) is 0. The van der Waals surface area contributed by atoms with Gasteiger partial charge in [-0.3, -0.25) is 14.4 Å². The number of ether oxygens (including phenoxy) is 3. The van der Waals surface area contributed by atoms with E-state index in [0.717, 1.165) is 69.6 Å². The number of esters is 3. The van der Waals surface area contributed by atoms with Gasteiger partial charge in [-0.1, -0.05) is 279 Å². The van der Waals surface area contributed by atoms with E-state index in [4.69, 9.17) is 14.2 Å². The summed E-state index contributed by atoms with van der Waals surface area (Å²) >= 11 is 0. The first kappa shape index (κ1) is 61.4. The third-order valence-electron chi connectivity index (χ3n) is 13.3. The molecule has 0 spiro atoms. The van der Waals surface area contributed by atoms with Crippen molar-refractivity contribution >= 4 is 17.9 Å². The fraction of sp³-hybridized carbons (Fsp3) is 0.947. The van der Waals surface area contributed by atoms with Crippen LogP contribution in [0.4, 0.5) is 0 Å². The van der Waals surface area contributed by atoms with Gasteiger partial charge < -0.3 is 14.2 Å². The maximum absolute atomic E-state index is 12.8. The predicted molar refractivity (Wildman–Crippen MR) is 270 cm³/mol. The van der Waals surface area contributed by atoms with Crippen molar-refractivity contribution in [3.63, 3.8) is 0 Å². The Hall–Kier alpha value is -1.59. The van der Waals surface area contributed by atoms with E-state index in [1.165, 1.54) is 205 Å². The second-order valence-electron chi connectivity index (χ2n) is 20.3. The van der Waals surface area contributed by atoms with E-state index >= 15 is 0 Å². The van der Waals surface area contributed by atoms with Crippen molar-refractivity contribution in [2.45, 2.75) is 323 Å². The van der Waals surface area contributed by atoms with Gasteiger partial charge in [0, 0.05) is 19.3 Å². The van der Waals surface area contributed by atoms with Crippen LogP contribution in [-0.2, 0) is 28.6 Å². The van der Waals surface area contributed by atoms with Crippen LogP contribution in [0.1, 0.15) is 317 Å². The summed E-state index contributed by atoms with van der Waals surface area (Å²) < 4.78 is 16.9. The lowest BCUT2D eigenvalue weighted by molar-refractivity contribution is -0.167. The third kappa shape index (κ3) is 49.7. The minimum atomic E-state index is -0.763. The molecule has 0 saturated carbocycles. The van der Waals surface area contributed by atoms with Crippen LogP contribution in [0, 0.1) is 11.8 Å². The zero-order valence-corrected chi connectivity index (χ0v) is 43.2. The second kappa shape index (κ2) is 49.8. The summed E-state index contributed by atoms with van der Waals surface area (Å²) in [6.45, 7) is 11.4. The van der Waals surface area contributed by atoms with E-state index in [2.05, 4.69) is 34.6 Å². The smallest absolute Gasteiger partial charge is 0.306 e. The van der Waals surface area contributed by atoms with E-state index in [9.17, 15) is 14.4 Å². The molecule has 63 heavy (non-hydrogen) atoms. The van der Waals surface area contributed by atoms with Crippen LogP contribution in [0.25, 0.3) is 0 Å². The normalized spacial score (nSPS) is 12.5. The molecule has 0 N–H and O–H groups in total. The van der Waals surface area contributed by atoms with E-state index in [-0.39, 0.29) is 31.1 Å². The maximum Gasteiger partial charge on any atom is 0.306 e. The van der Waals surface area contributed by atoms with Gasteiger partial charge in [0.25, 0.3) is 0 Å². The average molecular weight is 892 g/mol. The Balaban J connectivity index is 4.29. The minimum Gasteiger partial charge on any atom is -0.462 e. The van der Waals surface area contributed by atoms with Crippen molar-refractivity contribution in [3.05, 3.63) is 0 Å². The van der Waals surface area contributed by atoms with Crippen LogP contribution in [0.3, 0.4) is 0 Å². The summed E-state index contributed by atoms with van der Waals surface area (Å²) in [5, 5.41) is 0. The molecule has 0 aliphatic rings. The number of unbranched alkanes of at least 4 members (excludes halogenated alkanes) is 35. The molecule has 0 aromatic carbocycles. The summed E-state index contributed by atoms with van der Waals surface area (Å²) in [4.78, 5) is 38.1. The predicted octanol–water partition coefficient (Wildman–Crippen LogP) is 18.5. The lowest BCUT2D eigenvalue weighted by atomic mass is 9.99. The lowest BCUT2D eigenvalue weighted by Gasteiger charge is -2.18. The molecule has 1 unspecified atom stereocenters. The SMILES string of the molecule is CCCCCCCCCCCCCCCCCC(=O)OC[C@H](COC(=O)CCCCCCCCCCC(C)CC)OC(=O)CCCCCCCCCCCCCCCCCC(C)C. The molecule has 2 atom stereocenters. The van der Waals surface area contributed by atoms with Crippen molar-refractivity contribution in [1.29, 1.82) is 0 Å². The summed E-state index contributed by atoms with van der Waals surface area (Å²) in [5.74, 6) is 0.853. The molecule has 0 aromatic heterocycles. The first-order valence-corrected chi connectivity index (χ1v) is 28.3. The second-order valence-corrected chi connectivity index (χ2v) is 20.3. The molecule has 0 rings (SSSR count). The van der Waals surface area contributed by atoms with Crippen LogP contribution in [0.5, 0.6) is 0 Å². The van der Waals surface area contributed by atoms with Gasteiger partial charge in [0.15, 0.2) is 6.10 Å². The molecular formula is C57H110O6. The van der Waals surface area contributed by atoms with Crippen LogP contribution in [-0.4, -0.2) is 37.2 Å². The highest BCUT2D eigenvalue weighted by atomic mass is 16.6. The van der Waals surface area contributed by atoms with Gasteiger partial charge in [-0.05, 0) is 31.1 Å². The molecule has 374 valence electrons. The molecule has 6 heteroatoms. The summed E-state index contributed by atoms with van der Waals surface area (Å²) in [6, 6.07) is 0. The van der Waals surface area contributed by atoms with Crippen LogP contribution < -0.4 is 0 Å². The molecule has 0 radical (unpaired) electrons. The van der Waals surface area contributed by atoms with Crippen molar-refractivity contribution in [2.24, 2.45) is 11.8 Å². The van der Waals surface area contributed by atoms with E-state index < -0.39 is 6.10 Å². The molecule has 0 fully saturated rings. The van der Waals surface area contributed by atoms with Gasteiger partial charge in [-0.25, -0.2) is 0 Å². The van der Waals surface area contributed by atoms with Gasteiger partial charge >= 0.3 is 17.9 Å². The van der Waals surface area contributed by atoms with Crippen LogP contribution in [0.2, 0.25) is 0 Å². The van der Waals surface area contributed by atoms with E-state index in [1.54, 1.807) is 0 Å². The lowest BCUT2D eigenvalue weighted by Crippen LogP contribution is -2.30. The van der Waals surface area contributed by atoms with E-state index in [0.29, 0.717) is 19.3 Å². The van der Waals surface area contributed by atoms with Crippen molar-refractivity contribution in [3.8, 4) is 0 Å². The first-order valence-electron chi connectivity index (χ1n) is 28.3. The Morgan fingerprint density at radius 2 is 0.603 bits per heavy atom.